The van der Waals surface area contributed by atoms with Crippen molar-refractivity contribution in [2.24, 2.45) is 0 Å². The Hall–Kier alpha value is -2.11. The monoisotopic (exact) mass is 487 g/mol. The van der Waals surface area contributed by atoms with E-state index in [0.29, 0.717) is 5.69 Å². The van der Waals surface area contributed by atoms with Crippen LogP contribution in [-0.4, -0.2) is 17.5 Å². The van der Waals surface area contributed by atoms with Crippen LogP contribution in [0.4, 0.5) is 10.5 Å². The first-order chi connectivity index (χ1) is 13.1. The van der Waals surface area contributed by atoms with Gasteiger partial charge in [0.15, 0.2) is 0 Å². The summed E-state index contributed by atoms with van der Waals surface area (Å²) in [5.41, 5.74) is 1.81. The average molecular weight is 489 g/mol. The number of amides is 1. The smallest absolute Gasteiger partial charge is 0.411 e. The molecule has 3 nitrogen and oxygen atoms in total. The van der Waals surface area contributed by atoms with Crippen molar-refractivity contribution in [2.75, 3.05) is 11.9 Å². The van der Waals surface area contributed by atoms with Gasteiger partial charge in [-0.25, -0.2) is 4.79 Å². The van der Waals surface area contributed by atoms with Gasteiger partial charge >= 0.3 is 6.09 Å². The molecule has 0 spiro atoms. The molecule has 0 heterocycles. The zero-order valence-corrected chi connectivity index (χ0v) is 17.7. The molecular weight excluding hydrogens is 470 g/mol. The highest BCUT2D eigenvalue weighted by Crippen LogP contribution is 2.29. The van der Waals surface area contributed by atoms with Crippen LogP contribution in [0.5, 0.6) is 0 Å². The van der Waals surface area contributed by atoms with Gasteiger partial charge in [-0.15, -0.1) is 6.58 Å². The van der Waals surface area contributed by atoms with Crippen molar-refractivity contribution < 1.29 is 9.53 Å². The molecule has 0 aromatic heterocycles. The number of benzene rings is 3. The summed E-state index contributed by atoms with van der Waals surface area (Å²) in [6, 6.07) is 21.9. The summed E-state index contributed by atoms with van der Waals surface area (Å²) in [4.78, 5) is 12.0. The number of carbonyl (C=O) groups is 1. The topological polar surface area (TPSA) is 38.3 Å². The summed E-state index contributed by atoms with van der Waals surface area (Å²) in [6.45, 7) is 4.18. The van der Waals surface area contributed by atoms with Crippen LogP contribution in [0, 0.1) is 0 Å². The summed E-state index contributed by atoms with van der Waals surface area (Å²) >= 11 is 7.01. The largest absolute Gasteiger partial charge is 0.448 e. The van der Waals surface area contributed by atoms with Crippen LogP contribution in [0.1, 0.15) is 11.5 Å². The fourth-order valence-corrected chi connectivity index (χ4v) is 3.77. The molecule has 0 fully saturated rings. The van der Waals surface area contributed by atoms with Crippen molar-refractivity contribution in [3.05, 3.63) is 89.4 Å². The third kappa shape index (κ3) is 5.21. The minimum absolute atomic E-state index is 0.0232. The van der Waals surface area contributed by atoms with Crippen molar-refractivity contribution >= 4 is 54.4 Å². The molecular formula is C22H19Br2NO2. The van der Waals surface area contributed by atoms with Gasteiger partial charge < -0.3 is 4.74 Å². The fourth-order valence-electron chi connectivity index (χ4n) is 2.85. The quantitative estimate of drug-likeness (QED) is 0.303. The number of ether oxygens (including phenoxy) is 1. The summed E-state index contributed by atoms with van der Waals surface area (Å²) < 4.78 is 6.32. The van der Waals surface area contributed by atoms with Gasteiger partial charge in [0.25, 0.3) is 0 Å². The molecule has 0 aliphatic heterocycles. The zero-order chi connectivity index (χ0) is 19.2. The Morgan fingerprint density at radius 1 is 1.07 bits per heavy atom. The number of nitrogens with one attached hydrogen (secondary N) is 1. The third-order valence-corrected chi connectivity index (χ3v) is 5.63. The standard InChI is InChI=1S/C22H19Br2NO2/c1-2-20(17-8-7-15-5-3-4-6-16(15)13-17)21(24)14-27-22(26)25-19-11-9-18(23)10-12-19/h2-13,20-21H,1,14H2,(H,25,26)/t20-,21+/m0/s1. The molecule has 3 rings (SSSR count). The maximum atomic E-state index is 12.0. The van der Waals surface area contributed by atoms with Gasteiger partial charge in [0, 0.05) is 16.1 Å². The van der Waals surface area contributed by atoms with Gasteiger partial charge in [-0.3, -0.25) is 5.32 Å². The van der Waals surface area contributed by atoms with E-state index >= 15 is 0 Å². The molecule has 0 radical (unpaired) electrons. The Bertz CT molecular complexity index is 940. The van der Waals surface area contributed by atoms with E-state index in [0.717, 1.165) is 10.0 Å². The minimum atomic E-state index is -0.483. The number of fused-ring (bicyclic) bond motifs is 1. The number of alkyl halides is 1. The van der Waals surface area contributed by atoms with E-state index < -0.39 is 6.09 Å². The lowest BCUT2D eigenvalue weighted by Crippen LogP contribution is -2.22. The Morgan fingerprint density at radius 3 is 2.48 bits per heavy atom. The molecule has 27 heavy (non-hydrogen) atoms. The van der Waals surface area contributed by atoms with Crippen molar-refractivity contribution in [1.29, 1.82) is 0 Å². The summed E-state index contributed by atoms with van der Waals surface area (Å²) in [5, 5.41) is 5.09. The van der Waals surface area contributed by atoms with Crippen LogP contribution in [0.2, 0.25) is 0 Å². The van der Waals surface area contributed by atoms with E-state index in [-0.39, 0.29) is 17.4 Å². The second-order valence-corrected chi connectivity index (χ2v) is 8.21. The van der Waals surface area contributed by atoms with E-state index in [1.54, 1.807) is 12.1 Å². The first-order valence-electron chi connectivity index (χ1n) is 8.51. The molecule has 1 N–H and O–H groups in total. The van der Waals surface area contributed by atoms with E-state index in [1.807, 2.05) is 30.3 Å². The van der Waals surface area contributed by atoms with Crippen molar-refractivity contribution in [3.8, 4) is 0 Å². The van der Waals surface area contributed by atoms with Crippen LogP contribution in [-0.2, 0) is 4.74 Å². The maximum Gasteiger partial charge on any atom is 0.411 e. The fraction of sp³-hybridized carbons (Fsp3) is 0.136. The SMILES string of the molecule is C=C[C@@H](c1ccc2ccccc2c1)[C@H](Br)COC(=O)Nc1ccc(Br)cc1. The molecule has 5 heteroatoms. The van der Waals surface area contributed by atoms with Gasteiger partial charge in [-0.05, 0) is 40.6 Å². The Balaban J connectivity index is 1.62. The molecule has 0 aliphatic carbocycles. The molecule has 0 saturated carbocycles. The van der Waals surface area contributed by atoms with Crippen LogP contribution in [0.3, 0.4) is 0 Å². The lowest BCUT2D eigenvalue weighted by atomic mass is 9.94. The van der Waals surface area contributed by atoms with E-state index in [1.165, 1.54) is 10.8 Å². The lowest BCUT2D eigenvalue weighted by molar-refractivity contribution is 0.161. The maximum absolute atomic E-state index is 12.0. The molecule has 3 aromatic rings. The second kappa shape index (κ2) is 9.20. The number of allylic oxidation sites excluding steroid dienone is 1. The molecule has 3 aromatic carbocycles. The first-order valence-corrected chi connectivity index (χ1v) is 10.2. The van der Waals surface area contributed by atoms with Gasteiger partial charge in [0.1, 0.15) is 6.61 Å². The molecule has 1 amide bonds. The molecule has 2 atom stereocenters. The predicted molar refractivity (Wildman–Crippen MR) is 119 cm³/mol. The van der Waals surface area contributed by atoms with Crippen LogP contribution in [0.15, 0.2) is 83.9 Å². The van der Waals surface area contributed by atoms with Crippen molar-refractivity contribution in [2.45, 2.75) is 10.7 Å². The number of halogens is 2. The number of carbonyl (C=O) groups excluding carboxylic acids is 1. The van der Waals surface area contributed by atoms with E-state index in [2.05, 4.69) is 74.1 Å². The molecule has 0 bridgehead atoms. The van der Waals surface area contributed by atoms with Crippen LogP contribution in [0.25, 0.3) is 10.8 Å². The minimum Gasteiger partial charge on any atom is -0.448 e. The van der Waals surface area contributed by atoms with Gasteiger partial charge in [-0.1, -0.05) is 80.4 Å². The normalized spacial score (nSPS) is 13.0. The summed E-state index contributed by atoms with van der Waals surface area (Å²) in [6.07, 6.45) is 1.39. The van der Waals surface area contributed by atoms with Crippen LogP contribution >= 0.6 is 31.9 Å². The zero-order valence-electron chi connectivity index (χ0n) is 14.6. The van der Waals surface area contributed by atoms with E-state index in [9.17, 15) is 4.79 Å². The van der Waals surface area contributed by atoms with E-state index in [4.69, 9.17) is 4.74 Å². The van der Waals surface area contributed by atoms with Crippen molar-refractivity contribution in [3.63, 3.8) is 0 Å². The summed E-state index contributed by atoms with van der Waals surface area (Å²) in [7, 11) is 0. The number of hydrogen-bond acceptors (Lipinski definition) is 2. The number of anilines is 1. The predicted octanol–water partition coefficient (Wildman–Crippen LogP) is 6.88. The highest BCUT2D eigenvalue weighted by atomic mass is 79.9. The van der Waals surface area contributed by atoms with Gasteiger partial charge in [-0.2, -0.15) is 0 Å². The van der Waals surface area contributed by atoms with Gasteiger partial charge in [0.05, 0.1) is 4.83 Å². The Morgan fingerprint density at radius 2 is 1.78 bits per heavy atom. The molecule has 138 valence electrons. The highest BCUT2D eigenvalue weighted by molar-refractivity contribution is 9.10. The molecule has 0 saturated heterocycles. The number of hydrogen-bond donors (Lipinski definition) is 1. The lowest BCUT2D eigenvalue weighted by Gasteiger charge is -2.20. The Labute approximate surface area is 175 Å². The summed E-state index contributed by atoms with van der Waals surface area (Å²) in [5.74, 6) is 0.0232. The second-order valence-electron chi connectivity index (χ2n) is 6.11. The number of rotatable bonds is 6. The molecule has 0 aliphatic rings. The van der Waals surface area contributed by atoms with Crippen molar-refractivity contribution in [1.82, 2.24) is 0 Å². The Kier molecular flexibility index (Phi) is 6.69. The van der Waals surface area contributed by atoms with Crippen LogP contribution < -0.4 is 5.32 Å². The third-order valence-electron chi connectivity index (χ3n) is 4.27. The molecule has 0 unspecified atom stereocenters. The first kappa shape index (κ1) is 19.6. The average Bonchev–Trinajstić information content (AvgIpc) is 2.68. The van der Waals surface area contributed by atoms with Gasteiger partial charge in [0.2, 0.25) is 0 Å². The highest BCUT2D eigenvalue weighted by Gasteiger charge is 2.20.